The molecule has 282 valence electrons. The van der Waals surface area contributed by atoms with Crippen LogP contribution in [-0.2, 0) is 5.41 Å². The summed E-state index contributed by atoms with van der Waals surface area (Å²) in [7, 11) is 0. The van der Waals surface area contributed by atoms with Crippen LogP contribution in [0.15, 0.2) is 194 Å². The molecule has 10 aromatic carbocycles. The molecule has 0 fully saturated rings. The molecule has 1 atom stereocenters. The fourth-order valence-corrected chi connectivity index (χ4v) is 11.9. The standard InChI is InChI=1S/C57H32N2OS/c1-2-14-36-33(13-1)26-29-47-52(36)42-19-7-9-21-45(42)57(47)46-22-10-11-23-49(46)60-50-30-27-34(32-48(50)57)53-55-54(43-20-8-12-24-51(43)61-55)59-56(58-53)35-25-28-41-39-17-4-3-15-37(39)38-16-5-6-18-40(38)44(41)31-35/h1-32H. The van der Waals surface area contributed by atoms with Crippen LogP contribution < -0.4 is 4.74 Å². The molecule has 0 bridgehead atoms. The quantitative estimate of drug-likeness (QED) is 0.164. The van der Waals surface area contributed by atoms with Gasteiger partial charge >= 0.3 is 0 Å². The first-order valence-corrected chi connectivity index (χ1v) is 21.6. The second-order valence-corrected chi connectivity index (χ2v) is 17.4. The van der Waals surface area contributed by atoms with Gasteiger partial charge < -0.3 is 4.74 Å². The van der Waals surface area contributed by atoms with Gasteiger partial charge in [-0.15, -0.1) is 11.3 Å². The summed E-state index contributed by atoms with van der Waals surface area (Å²) in [6.07, 6.45) is 0. The molecule has 2 aromatic heterocycles. The molecule has 61 heavy (non-hydrogen) atoms. The minimum atomic E-state index is -0.618. The second-order valence-electron chi connectivity index (χ2n) is 16.3. The van der Waals surface area contributed by atoms with Gasteiger partial charge in [0.15, 0.2) is 5.82 Å². The Morgan fingerprint density at radius 2 is 1.03 bits per heavy atom. The molecule has 2 aliphatic rings. The molecule has 0 saturated carbocycles. The fourth-order valence-electron chi connectivity index (χ4n) is 10.8. The van der Waals surface area contributed by atoms with Gasteiger partial charge in [0.1, 0.15) is 11.5 Å². The monoisotopic (exact) mass is 792 g/mol. The van der Waals surface area contributed by atoms with E-state index < -0.39 is 5.41 Å². The Bertz CT molecular complexity index is 3850. The van der Waals surface area contributed by atoms with Crippen LogP contribution in [0.3, 0.4) is 0 Å². The molecule has 1 aliphatic heterocycles. The number of hydrogen-bond acceptors (Lipinski definition) is 4. The van der Waals surface area contributed by atoms with Crippen LogP contribution in [0, 0.1) is 0 Å². The number of ether oxygens (including phenoxy) is 1. The summed E-state index contributed by atoms with van der Waals surface area (Å²) in [5, 5.41) is 11.0. The third kappa shape index (κ3) is 4.41. The maximum Gasteiger partial charge on any atom is 0.160 e. The summed E-state index contributed by atoms with van der Waals surface area (Å²) in [6, 6.07) is 70.5. The average molecular weight is 793 g/mol. The maximum absolute atomic E-state index is 6.88. The van der Waals surface area contributed by atoms with Crippen LogP contribution in [0.4, 0.5) is 0 Å². The Hall–Kier alpha value is -7.66. The van der Waals surface area contributed by atoms with Crippen molar-refractivity contribution in [1.82, 2.24) is 9.97 Å². The molecule has 0 radical (unpaired) electrons. The van der Waals surface area contributed by atoms with Crippen molar-refractivity contribution in [3.63, 3.8) is 0 Å². The Kier molecular flexibility index (Phi) is 6.64. The third-order valence-electron chi connectivity index (χ3n) is 13.3. The number of aromatic nitrogens is 2. The van der Waals surface area contributed by atoms with Gasteiger partial charge in [-0.1, -0.05) is 158 Å². The summed E-state index contributed by atoms with van der Waals surface area (Å²) in [6.45, 7) is 0. The van der Waals surface area contributed by atoms with Gasteiger partial charge in [-0.3, -0.25) is 0 Å². The molecule has 0 N–H and O–H groups in total. The van der Waals surface area contributed by atoms with Crippen LogP contribution in [0.25, 0.3) is 97.2 Å². The summed E-state index contributed by atoms with van der Waals surface area (Å²) in [5.41, 5.74) is 10.6. The highest BCUT2D eigenvalue weighted by atomic mass is 32.1. The summed E-state index contributed by atoms with van der Waals surface area (Å²) >= 11 is 1.76. The van der Waals surface area contributed by atoms with Crippen molar-refractivity contribution in [3.05, 3.63) is 216 Å². The number of thiophene rings is 1. The number of fused-ring (bicyclic) bond motifs is 20. The highest BCUT2D eigenvalue weighted by molar-refractivity contribution is 7.26. The molecule has 1 spiro atoms. The molecule has 3 heterocycles. The van der Waals surface area contributed by atoms with Gasteiger partial charge in [-0.2, -0.15) is 0 Å². The smallest absolute Gasteiger partial charge is 0.160 e. The highest BCUT2D eigenvalue weighted by Crippen LogP contribution is 2.63. The van der Waals surface area contributed by atoms with Gasteiger partial charge in [0, 0.05) is 32.3 Å². The van der Waals surface area contributed by atoms with Gasteiger partial charge in [0.2, 0.25) is 0 Å². The number of rotatable bonds is 2. The lowest BCUT2D eigenvalue weighted by molar-refractivity contribution is 0.436. The second kappa shape index (κ2) is 12.2. The average Bonchev–Trinajstić information content (AvgIpc) is 3.85. The number of benzene rings is 10. The SMILES string of the molecule is c1ccc2c(c1)Oc1ccc(-c3nc(-c4ccc5c6ccccc6c6ccccc6c5c4)nc4c3sc3ccccc34)cc1C21c2ccccc2-c2c1ccc1ccccc21. The molecule has 1 aliphatic carbocycles. The molecular weight excluding hydrogens is 761 g/mol. The van der Waals surface area contributed by atoms with Crippen molar-refractivity contribution < 1.29 is 4.74 Å². The minimum Gasteiger partial charge on any atom is -0.457 e. The number of para-hydroxylation sites is 1. The number of hydrogen-bond donors (Lipinski definition) is 0. The molecule has 3 nitrogen and oxygen atoms in total. The zero-order valence-corrected chi connectivity index (χ0v) is 33.5. The maximum atomic E-state index is 6.88. The van der Waals surface area contributed by atoms with E-state index in [-0.39, 0.29) is 0 Å². The molecule has 0 amide bonds. The molecule has 4 heteroatoms. The van der Waals surface area contributed by atoms with E-state index >= 15 is 0 Å². The van der Waals surface area contributed by atoms with Crippen molar-refractivity contribution in [2.75, 3.05) is 0 Å². The molecule has 12 aromatic rings. The van der Waals surface area contributed by atoms with Crippen LogP contribution in [0.2, 0.25) is 0 Å². The van der Waals surface area contributed by atoms with E-state index in [1.807, 2.05) is 0 Å². The zero-order valence-electron chi connectivity index (χ0n) is 32.7. The molecule has 14 rings (SSSR count). The summed E-state index contributed by atoms with van der Waals surface area (Å²) in [4.78, 5) is 11.0. The van der Waals surface area contributed by atoms with E-state index in [4.69, 9.17) is 14.7 Å². The summed E-state index contributed by atoms with van der Waals surface area (Å²) < 4.78 is 9.15. The van der Waals surface area contributed by atoms with E-state index in [0.29, 0.717) is 5.82 Å². The van der Waals surface area contributed by atoms with Gasteiger partial charge in [0.25, 0.3) is 0 Å². The highest BCUT2D eigenvalue weighted by Gasteiger charge is 2.51. The van der Waals surface area contributed by atoms with Crippen LogP contribution in [0.5, 0.6) is 11.5 Å². The van der Waals surface area contributed by atoms with Gasteiger partial charge in [0.05, 0.1) is 21.3 Å². The lowest BCUT2D eigenvalue weighted by Crippen LogP contribution is -2.32. The number of nitrogens with zero attached hydrogens (tertiary/aromatic N) is 2. The van der Waals surface area contributed by atoms with Crippen LogP contribution in [0.1, 0.15) is 22.3 Å². The van der Waals surface area contributed by atoms with E-state index in [1.54, 1.807) is 11.3 Å². The lowest BCUT2D eigenvalue weighted by Gasteiger charge is -2.39. The first-order valence-electron chi connectivity index (χ1n) is 20.8. The normalized spacial score (nSPS) is 15.1. The van der Waals surface area contributed by atoms with Gasteiger partial charge in [-0.25, -0.2) is 9.97 Å². The Morgan fingerprint density at radius 3 is 1.85 bits per heavy atom. The van der Waals surface area contributed by atoms with E-state index in [9.17, 15) is 0 Å². The first kappa shape index (κ1) is 33.2. The van der Waals surface area contributed by atoms with E-state index in [0.717, 1.165) is 55.0 Å². The van der Waals surface area contributed by atoms with Crippen molar-refractivity contribution in [1.29, 1.82) is 0 Å². The van der Waals surface area contributed by atoms with E-state index in [1.165, 1.54) is 70.0 Å². The van der Waals surface area contributed by atoms with Crippen molar-refractivity contribution in [2.24, 2.45) is 0 Å². The predicted molar refractivity (Wildman–Crippen MR) is 253 cm³/mol. The topological polar surface area (TPSA) is 35.0 Å². The Morgan fingerprint density at radius 1 is 0.410 bits per heavy atom. The minimum absolute atomic E-state index is 0.618. The van der Waals surface area contributed by atoms with Gasteiger partial charge in [-0.05, 0) is 102 Å². The van der Waals surface area contributed by atoms with Crippen molar-refractivity contribution in [2.45, 2.75) is 5.41 Å². The van der Waals surface area contributed by atoms with Crippen molar-refractivity contribution in [3.8, 4) is 45.3 Å². The zero-order chi connectivity index (χ0) is 39.8. The summed E-state index contributed by atoms with van der Waals surface area (Å²) in [5.74, 6) is 2.45. The lowest BCUT2D eigenvalue weighted by atomic mass is 9.65. The Balaban J connectivity index is 1.05. The molecular formula is C57H32N2OS. The largest absolute Gasteiger partial charge is 0.457 e. The van der Waals surface area contributed by atoms with Crippen molar-refractivity contribution >= 4 is 74.7 Å². The van der Waals surface area contributed by atoms with Crippen LogP contribution in [-0.4, -0.2) is 9.97 Å². The first-order chi connectivity index (χ1) is 30.2. The van der Waals surface area contributed by atoms with Crippen LogP contribution >= 0.6 is 11.3 Å². The molecule has 1 unspecified atom stereocenters. The molecule has 0 saturated heterocycles. The van der Waals surface area contributed by atoms with E-state index in [2.05, 4.69) is 194 Å². The predicted octanol–water partition coefficient (Wildman–Crippen LogP) is 15.3. The fraction of sp³-hybridized carbons (Fsp3) is 0.0175. The Labute approximate surface area is 354 Å². The third-order valence-corrected chi connectivity index (χ3v) is 14.5.